The second kappa shape index (κ2) is 3.39. The summed E-state index contributed by atoms with van der Waals surface area (Å²) in [5.74, 6) is 0. The van der Waals surface area contributed by atoms with Gasteiger partial charge < -0.3 is 4.79 Å². The van der Waals surface area contributed by atoms with Crippen LogP contribution in [0.15, 0.2) is 18.2 Å². The van der Waals surface area contributed by atoms with Crippen LogP contribution in [0.25, 0.3) is 0 Å². The van der Waals surface area contributed by atoms with Gasteiger partial charge in [0.15, 0.2) is 0 Å². The fraction of sp³-hybridized carbons (Fsp3) is 0.417. The Hall–Kier alpha value is -0.820. The number of carbonyl (C=O) groups excluding carboxylic acids is 1. The number of hydrogen-bond donors (Lipinski definition) is 0. The highest BCUT2D eigenvalue weighted by atomic mass is 35.5. The topological polar surface area (TPSA) is 17.1 Å². The van der Waals surface area contributed by atoms with Crippen molar-refractivity contribution >= 4 is 17.9 Å². The zero-order chi connectivity index (χ0) is 10.2. The van der Waals surface area contributed by atoms with Gasteiger partial charge in [-0.3, -0.25) is 0 Å². The lowest BCUT2D eigenvalue weighted by Crippen LogP contribution is -2.11. The molecule has 0 atom stereocenters. The maximum absolute atomic E-state index is 11.0. The predicted octanol–water partition coefficient (Wildman–Crippen LogP) is 3.13. The predicted molar refractivity (Wildman–Crippen MR) is 57.8 cm³/mol. The number of aldehydes is 1. The van der Waals surface area contributed by atoms with E-state index >= 15 is 0 Å². The summed E-state index contributed by atoms with van der Waals surface area (Å²) in [4.78, 5) is 11.0. The summed E-state index contributed by atoms with van der Waals surface area (Å²) in [5, 5.41) is 0.790. The van der Waals surface area contributed by atoms with Crippen LogP contribution in [0, 0.1) is 0 Å². The maximum Gasteiger partial charge on any atom is 0.130 e. The average Bonchev–Trinajstić information content (AvgIpc) is 2.98. The standard InChI is InChI=1S/C12H13ClO/c1-2-9-10(4-3-5-11(9)13)12(8-14)6-7-12/h3-5,8H,2,6-7H2,1H3. The molecule has 0 aromatic heterocycles. The van der Waals surface area contributed by atoms with Crippen molar-refractivity contribution in [3.05, 3.63) is 34.3 Å². The molecule has 1 aromatic rings. The summed E-state index contributed by atoms with van der Waals surface area (Å²) < 4.78 is 0. The monoisotopic (exact) mass is 208 g/mol. The van der Waals surface area contributed by atoms with Gasteiger partial charge in [0.25, 0.3) is 0 Å². The number of halogens is 1. The summed E-state index contributed by atoms with van der Waals surface area (Å²) >= 11 is 6.10. The molecule has 0 heterocycles. The SMILES string of the molecule is CCc1c(Cl)cccc1C1(C=O)CC1. The van der Waals surface area contributed by atoms with Crippen LogP contribution in [0.2, 0.25) is 5.02 Å². The van der Waals surface area contributed by atoms with E-state index in [9.17, 15) is 4.79 Å². The summed E-state index contributed by atoms with van der Waals surface area (Å²) in [6.45, 7) is 2.07. The molecule has 74 valence electrons. The largest absolute Gasteiger partial charge is 0.302 e. The molecule has 0 aliphatic heterocycles. The quantitative estimate of drug-likeness (QED) is 0.698. The Bertz CT molecular complexity index is 367. The average molecular weight is 209 g/mol. The van der Waals surface area contributed by atoms with E-state index in [2.05, 4.69) is 6.92 Å². The van der Waals surface area contributed by atoms with Crippen molar-refractivity contribution in [1.29, 1.82) is 0 Å². The summed E-state index contributed by atoms with van der Waals surface area (Å²) in [7, 11) is 0. The Labute approximate surface area is 89.1 Å². The van der Waals surface area contributed by atoms with Gasteiger partial charge in [-0.05, 0) is 36.5 Å². The molecule has 1 aromatic carbocycles. The van der Waals surface area contributed by atoms with Gasteiger partial charge in [0, 0.05) is 5.02 Å². The minimum atomic E-state index is -0.198. The van der Waals surface area contributed by atoms with Crippen LogP contribution in [0.1, 0.15) is 30.9 Å². The lowest BCUT2D eigenvalue weighted by Gasteiger charge is -2.14. The van der Waals surface area contributed by atoms with E-state index in [0.717, 1.165) is 41.7 Å². The van der Waals surface area contributed by atoms with E-state index in [1.807, 2.05) is 18.2 Å². The van der Waals surface area contributed by atoms with Crippen LogP contribution >= 0.6 is 11.6 Å². The summed E-state index contributed by atoms with van der Waals surface area (Å²) in [6.07, 6.45) is 3.93. The maximum atomic E-state index is 11.0. The van der Waals surface area contributed by atoms with Crippen molar-refractivity contribution < 1.29 is 4.79 Å². The Balaban J connectivity index is 2.52. The molecule has 1 aliphatic carbocycles. The molecule has 14 heavy (non-hydrogen) atoms. The molecule has 2 rings (SSSR count). The number of benzene rings is 1. The van der Waals surface area contributed by atoms with Crippen molar-refractivity contribution in [3.63, 3.8) is 0 Å². The normalized spacial score (nSPS) is 17.9. The second-order valence-corrected chi connectivity index (χ2v) is 4.30. The molecule has 0 unspecified atom stereocenters. The van der Waals surface area contributed by atoms with E-state index in [1.54, 1.807) is 0 Å². The van der Waals surface area contributed by atoms with Gasteiger partial charge in [0.1, 0.15) is 6.29 Å². The molecule has 0 N–H and O–H groups in total. The fourth-order valence-electron chi connectivity index (χ4n) is 1.97. The summed E-state index contributed by atoms with van der Waals surface area (Å²) in [5.41, 5.74) is 2.08. The molecule has 0 saturated heterocycles. The van der Waals surface area contributed by atoms with Gasteiger partial charge >= 0.3 is 0 Å². The molecular formula is C12H13ClO. The lowest BCUT2D eigenvalue weighted by molar-refractivity contribution is -0.109. The molecule has 1 nitrogen and oxygen atoms in total. The number of rotatable bonds is 3. The van der Waals surface area contributed by atoms with Crippen molar-refractivity contribution in [2.24, 2.45) is 0 Å². The summed E-state index contributed by atoms with van der Waals surface area (Å²) in [6, 6.07) is 5.86. The van der Waals surface area contributed by atoms with E-state index in [-0.39, 0.29) is 5.41 Å². The third-order valence-corrected chi connectivity index (χ3v) is 3.38. The van der Waals surface area contributed by atoms with Crippen LogP contribution in [0.4, 0.5) is 0 Å². The molecule has 0 amide bonds. The van der Waals surface area contributed by atoms with E-state index in [4.69, 9.17) is 11.6 Å². The highest BCUT2D eigenvalue weighted by Gasteiger charge is 2.45. The fourth-order valence-corrected chi connectivity index (χ4v) is 2.28. The van der Waals surface area contributed by atoms with Gasteiger partial charge in [0.05, 0.1) is 5.41 Å². The molecule has 0 bridgehead atoms. The highest BCUT2D eigenvalue weighted by molar-refractivity contribution is 6.31. The number of carbonyl (C=O) groups is 1. The van der Waals surface area contributed by atoms with Crippen LogP contribution < -0.4 is 0 Å². The molecular weight excluding hydrogens is 196 g/mol. The van der Waals surface area contributed by atoms with Crippen molar-refractivity contribution in [2.75, 3.05) is 0 Å². The van der Waals surface area contributed by atoms with Crippen LogP contribution in [-0.4, -0.2) is 6.29 Å². The molecule has 1 aliphatic rings. The Morgan fingerprint density at radius 2 is 2.21 bits per heavy atom. The smallest absolute Gasteiger partial charge is 0.130 e. The van der Waals surface area contributed by atoms with E-state index in [1.165, 1.54) is 0 Å². The van der Waals surface area contributed by atoms with Crippen LogP contribution in [-0.2, 0) is 16.6 Å². The van der Waals surface area contributed by atoms with Gasteiger partial charge in [-0.2, -0.15) is 0 Å². The highest BCUT2D eigenvalue weighted by Crippen LogP contribution is 2.48. The molecule has 1 fully saturated rings. The minimum absolute atomic E-state index is 0.198. The first-order valence-electron chi connectivity index (χ1n) is 4.98. The van der Waals surface area contributed by atoms with Crippen molar-refractivity contribution in [1.82, 2.24) is 0 Å². The third-order valence-electron chi connectivity index (χ3n) is 3.02. The molecule has 1 saturated carbocycles. The van der Waals surface area contributed by atoms with Crippen molar-refractivity contribution in [3.8, 4) is 0 Å². The third kappa shape index (κ3) is 1.36. The minimum Gasteiger partial charge on any atom is -0.302 e. The van der Waals surface area contributed by atoms with E-state index < -0.39 is 0 Å². The second-order valence-electron chi connectivity index (χ2n) is 3.89. The van der Waals surface area contributed by atoms with Gasteiger partial charge in [-0.15, -0.1) is 0 Å². The van der Waals surface area contributed by atoms with Gasteiger partial charge in [-0.25, -0.2) is 0 Å². The molecule has 2 heteroatoms. The first-order valence-corrected chi connectivity index (χ1v) is 5.35. The van der Waals surface area contributed by atoms with Crippen LogP contribution in [0.3, 0.4) is 0 Å². The van der Waals surface area contributed by atoms with Crippen LogP contribution in [0.5, 0.6) is 0 Å². The van der Waals surface area contributed by atoms with E-state index in [0.29, 0.717) is 0 Å². The lowest BCUT2D eigenvalue weighted by atomic mass is 9.91. The Kier molecular flexibility index (Phi) is 2.36. The Morgan fingerprint density at radius 3 is 2.71 bits per heavy atom. The first-order chi connectivity index (χ1) is 6.73. The van der Waals surface area contributed by atoms with Gasteiger partial charge in [-0.1, -0.05) is 30.7 Å². The first kappa shape index (κ1) is 9.72. The van der Waals surface area contributed by atoms with Gasteiger partial charge in [0.2, 0.25) is 0 Å². The zero-order valence-electron chi connectivity index (χ0n) is 8.22. The number of hydrogen-bond acceptors (Lipinski definition) is 1. The van der Waals surface area contributed by atoms with Crippen molar-refractivity contribution in [2.45, 2.75) is 31.6 Å². The molecule has 0 spiro atoms. The molecule has 0 radical (unpaired) electrons. The Morgan fingerprint density at radius 1 is 1.50 bits per heavy atom. The zero-order valence-corrected chi connectivity index (χ0v) is 8.97.